The Morgan fingerprint density at radius 3 is 2.67 bits per heavy atom. The summed E-state index contributed by atoms with van der Waals surface area (Å²) in [6, 6.07) is -0.886. The van der Waals surface area contributed by atoms with Crippen molar-refractivity contribution in [1.82, 2.24) is 4.31 Å². The topological polar surface area (TPSA) is 74.7 Å². The number of carboxylic acid groups (broad SMARTS) is 1. The third kappa shape index (κ3) is 3.09. The Morgan fingerprint density at radius 1 is 1.47 bits per heavy atom. The van der Waals surface area contributed by atoms with E-state index < -0.39 is 22.0 Å². The van der Waals surface area contributed by atoms with Crippen LogP contribution >= 0.6 is 12.6 Å². The Balaban J connectivity index is 2.85. The quantitative estimate of drug-likeness (QED) is 0.701. The van der Waals surface area contributed by atoms with Gasteiger partial charge in [0.15, 0.2) is 0 Å². The second-order valence-electron chi connectivity index (χ2n) is 3.50. The number of rotatable bonds is 4. The highest BCUT2D eigenvalue weighted by atomic mass is 32.2. The van der Waals surface area contributed by atoms with Gasteiger partial charge in [0.2, 0.25) is 10.0 Å². The van der Waals surface area contributed by atoms with Gasteiger partial charge < -0.3 is 5.11 Å². The highest BCUT2D eigenvalue weighted by molar-refractivity contribution is 7.90. The Morgan fingerprint density at radius 2 is 2.13 bits per heavy atom. The molecule has 1 heterocycles. The number of piperidine rings is 1. The van der Waals surface area contributed by atoms with Gasteiger partial charge in [-0.2, -0.15) is 16.9 Å². The molecule has 1 atom stereocenters. The van der Waals surface area contributed by atoms with Crippen LogP contribution in [0.3, 0.4) is 0 Å². The van der Waals surface area contributed by atoms with Gasteiger partial charge in [0.25, 0.3) is 0 Å². The summed E-state index contributed by atoms with van der Waals surface area (Å²) in [7, 11) is -3.45. The lowest BCUT2D eigenvalue weighted by molar-refractivity contribution is -0.142. The number of nitrogens with zero attached hydrogens (tertiary/aromatic N) is 1. The van der Waals surface area contributed by atoms with Gasteiger partial charge in [-0.3, -0.25) is 4.79 Å². The lowest BCUT2D eigenvalue weighted by Gasteiger charge is -2.31. The summed E-state index contributed by atoms with van der Waals surface area (Å²) in [4.78, 5) is 10.9. The molecular formula is C8H15NO4S2. The van der Waals surface area contributed by atoms with Gasteiger partial charge in [-0.25, -0.2) is 8.42 Å². The van der Waals surface area contributed by atoms with Gasteiger partial charge in [-0.1, -0.05) is 0 Å². The maximum absolute atomic E-state index is 11.7. The summed E-state index contributed by atoms with van der Waals surface area (Å²) >= 11 is 3.86. The number of sulfonamides is 1. The van der Waals surface area contributed by atoms with E-state index in [9.17, 15) is 13.2 Å². The summed E-state index contributed by atoms with van der Waals surface area (Å²) in [5, 5.41) is 8.92. The minimum absolute atomic E-state index is 0.0973. The van der Waals surface area contributed by atoms with Crippen LogP contribution in [0.25, 0.3) is 0 Å². The van der Waals surface area contributed by atoms with E-state index in [2.05, 4.69) is 12.6 Å². The maximum atomic E-state index is 11.7. The normalized spacial score (nSPS) is 23.9. The van der Waals surface area contributed by atoms with E-state index in [-0.39, 0.29) is 11.5 Å². The second kappa shape index (κ2) is 5.18. The van der Waals surface area contributed by atoms with E-state index >= 15 is 0 Å². The fraction of sp³-hybridized carbons (Fsp3) is 0.875. The standard InChI is InChI=1S/C8H15NO4S2/c10-8(11)7-3-1-2-4-9(7)15(12,13)6-5-14/h7,14H,1-6H2,(H,10,11). The molecule has 1 saturated heterocycles. The van der Waals surface area contributed by atoms with Gasteiger partial charge in [0.1, 0.15) is 6.04 Å². The molecule has 1 N–H and O–H groups in total. The summed E-state index contributed by atoms with van der Waals surface area (Å²) in [5.74, 6) is -0.942. The van der Waals surface area contributed by atoms with Crippen molar-refractivity contribution < 1.29 is 18.3 Å². The molecule has 1 aliphatic rings. The Labute approximate surface area is 94.9 Å². The zero-order chi connectivity index (χ0) is 11.5. The molecule has 0 aromatic rings. The van der Waals surface area contributed by atoms with Crippen LogP contribution in [-0.2, 0) is 14.8 Å². The van der Waals surface area contributed by atoms with Crippen molar-refractivity contribution in [3.8, 4) is 0 Å². The van der Waals surface area contributed by atoms with E-state index in [1.165, 1.54) is 0 Å². The summed E-state index contributed by atoms with van der Waals surface area (Å²) < 4.78 is 24.5. The molecule has 0 bridgehead atoms. The summed E-state index contributed by atoms with van der Waals surface area (Å²) in [5.41, 5.74) is 0. The van der Waals surface area contributed by atoms with E-state index in [4.69, 9.17) is 5.11 Å². The minimum atomic E-state index is -3.45. The zero-order valence-corrected chi connectivity index (χ0v) is 10.0. The molecule has 1 rings (SSSR count). The molecule has 0 saturated carbocycles. The van der Waals surface area contributed by atoms with Crippen molar-refractivity contribution in [3.05, 3.63) is 0 Å². The van der Waals surface area contributed by atoms with Crippen molar-refractivity contribution in [3.63, 3.8) is 0 Å². The average Bonchev–Trinajstić information content (AvgIpc) is 2.17. The van der Waals surface area contributed by atoms with E-state index in [0.717, 1.165) is 17.1 Å². The van der Waals surface area contributed by atoms with Crippen LogP contribution in [0.5, 0.6) is 0 Å². The third-order valence-corrected chi connectivity index (χ3v) is 4.84. The van der Waals surface area contributed by atoms with Gasteiger partial charge in [0, 0.05) is 12.3 Å². The van der Waals surface area contributed by atoms with Gasteiger partial charge in [-0.15, -0.1) is 0 Å². The van der Waals surface area contributed by atoms with Crippen molar-refractivity contribution in [1.29, 1.82) is 0 Å². The Hall–Kier alpha value is -0.270. The molecule has 1 fully saturated rings. The second-order valence-corrected chi connectivity index (χ2v) is 5.99. The molecule has 1 unspecified atom stereocenters. The fourth-order valence-electron chi connectivity index (χ4n) is 1.72. The van der Waals surface area contributed by atoms with E-state index in [1.54, 1.807) is 0 Å². The third-order valence-electron chi connectivity index (χ3n) is 2.45. The molecule has 1 aliphatic heterocycles. The first-order valence-electron chi connectivity index (χ1n) is 4.82. The average molecular weight is 253 g/mol. The van der Waals surface area contributed by atoms with Crippen molar-refractivity contribution in [2.45, 2.75) is 25.3 Å². The summed E-state index contributed by atoms with van der Waals surface area (Å²) in [6.45, 7) is 0.313. The van der Waals surface area contributed by atoms with Crippen LogP contribution < -0.4 is 0 Å². The Kier molecular flexibility index (Phi) is 4.42. The number of carboxylic acids is 1. The fourth-order valence-corrected chi connectivity index (χ4v) is 3.87. The lowest BCUT2D eigenvalue weighted by atomic mass is 10.1. The van der Waals surface area contributed by atoms with Crippen LogP contribution in [0.1, 0.15) is 19.3 Å². The van der Waals surface area contributed by atoms with Crippen molar-refractivity contribution in [2.24, 2.45) is 0 Å². The SMILES string of the molecule is O=C(O)C1CCCCN1S(=O)(=O)CCS. The molecule has 0 aliphatic carbocycles. The Bertz CT molecular complexity index is 328. The van der Waals surface area contributed by atoms with E-state index in [0.29, 0.717) is 13.0 Å². The monoisotopic (exact) mass is 253 g/mol. The number of hydrogen-bond acceptors (Lipinski definition) is 4. The van der Waals surface area contributed by atoms with Crippen molar-refractivity contribution >= 4 is 28.6 Å². The number of carbonyl (C=O) groups is 1. The largest absolute Gasteiger partial charge is 0.480 e. The molecule has 15 heavy (non-hydrogen) atoms. The predicted molar refractivity (Wildman–Crippen MR) is 59.6 cm³/mol. The number of hydrogen-bond donors (Lipinski definition) is 2. The molecule has 7 heteroatoms. The molecule has 0 radical (unpaired) electrons. The first-order chi connectivity index (χ1) is 6.99. The lowest BCUT2D eigenvalue weighted by Crippen LogP contribution is -2.48. The molecular weight excluding hydrogens is 238 g/mol. The highest BCUT2D eigenvalue weighted by Crippen LogP contribution is 2.21. The van der Waals surface area contributed by atoms with Gasteiger partial charge >= 0.3 is 5.97 Å². The van der Waals surface area contributed by atoms with Gasteiger partial charge in [0.05, 0.1) is 5.75 Å². The first kappa shape index (κ1) is 12.8. The summed E-state index contributed by atoms with van der Waals surface area (Å²) in [6.07, 6.45) is 1.90. The number of aliphatic carboxylic acids is 1. The molecule has 88 valence electrons. The smallest absolute Gasteiger partial charge is 0.322 e. The highest BCUT2D eigenvalue weighted by Gasteiger charge is 2.35. The van der Waals surface area contributed by atoms with Crippen LogP contribution in [0.15, 0.2) is 0 Å². The first-order valence-corrected chi connectivity index (χ1v) is 7.06. The molecule has 0 aromatic heterocycles. The van der Waals surface area contributed by atoms with Crippen LogP contribution in [0, 0.1) is 0 Å². The predicted octanol–water partition coefficient (Wildman–Crippen LogP) is 0.185. The molecule has 5 nitrogen and oxygen atoms in total. The number of thiol groups is 1. The van der Waals surface area contributed by atoms with Crippen molar-refractivity contribution in [2.75, 3.05) is 18.1 Å². The minimum Gasteiger partial charge on any atom is -0.480 e. The van der Waals surface area contributed by atoms with E-state index in [1.807, 2.05) is 0 Å². The van der Waals surface area contributed by atoms with Gasteiger partial charge in [-0.05, 0) is 19.3 Å². The van der Waals surface area contributed by atoms with Crippen LogP contribution in [0.4, 0.5) is 0 Å². The zero-order valence-electron chi connectivity index (χ0n) is 8.29. The van der Waals surface area contributed by atoms with Crippen LogP contribution in [0.2, 0.25) is 0 Å². The van der Waals surface area contributed by atoms with Crippen LogP contribution in [-0.4, -0.2) is 47.9 Å². The molecule has 0 aromatic carbocycles. The molecule has 0 amide bonds. The molecule has 0 spiro atoms. The maximum Gasteiger partial charge on any atom is 0.322 e.